The van der Waals surface area contributed by atoms with Crippen LogP contribution in [0.3, 0.4) is 0 Å². The average molecular weight is 572 g/mol. The maximum atomic E-state index is 13.0. The molecule has 2 aromatic carbocycles. The van der Waals surface area contributed by atoms with Crippen LogP contribution in [0.15, 0.2) is 53.7 Å². The molecule has 0 spiro atoms. The van der Waals surface area contributed by atoms with Gasteiger partial charge in [-0.05, 0) is 63.4 Å². The Hall–Kier alpha value is -3.37. The highest BCUT2D eigenvalue weighted by Gasteiger charge is 2.25. The lowest BCUT2D eigenvalue weighted by Gasteiger charge is -2.21. The number of carbonyl (C=O) groups is 3. The van der Waals surface area contributed by atoms with Gasteiger partial charge >= 0.3 is 5.97 Å². The first kappa shape index (κ1) is 30.2. The number of nitrogens with one attached hydrogen (secondary N) is 2. The Labute approximate surface area is 238 Å². The summed E-state index contributed by atoms with van der Waals surface area (Å²) in [5.74, 6) is -0.0153. The second-order valence-electron chi connectivity index (χ2n) is 9.59. The Kier molecular flexibility index (Phi) is 10.9. The molecule has 208 valence electrons. The third-order valence-corrected chi connectivity index (χ3v) is 6.86. The van der Waals surface area contributed by atoms with Crippen molar-refractivity contribution in [3.05, 3.63) is 70.5 Å². The van der Waals surface area contributed by atoms with Crippen LogP contribution in [-0.2, 0) is 16.1 Å². The maximum absolute atomic E-state index is 13.0. The van der Waals surface area contributed by atoms with E-state index < -0.39 is 12.0 Å². The summed E-state index contributed by atoms with van der Waals surface area (Å²) in [7, 11) is 0. The summed E-state index contributed by atoms with van der Waals surface area (Å²) in [4.78, 5) is 37.9. The second-order valence-corrected chi connectivity index (χ2v) is 10.9. The van der Waals surface area contributed by atoms with Crippen molar-refractivity contribution in [1.29, 1.82) is 0 Å². The Bertz CT molecular complexity index is 1310. The van der Waals surface area contributed by atoms with Crippen LogP contribution in [0.2, 0.25) is 5.02 Å². The molecule has 3 rings (SSSR count). The predicted octanol–water partition coefficient (Wildman–Crippen LogP) is 5.76. The van der Waals surface area contributed by atoms with Crippen LogP contribution >= 0.6 is 23.4 Å². The molecule has 1 aromatic heterocycles. The van der Waals surface area contributed by atoms with Gasteiger partial charge < -0.3 is 19.9 Å². The first-order valence-corrected chi connectivity index (χ1v) is 14.2. The van der Waals surface area contributed by atoms with Crippen molar-refractivity contribution in [2.45, 2.75) is 64.9 Å². The molecule has 0 unspecified atom stereocenters. The number of thioether (sulfide) groups is 1. The van der Waals surface area contributed by atoms with Crippen LogP contribution in [0.5, 0.6) is 0 Å². The number of carbonyl (C=O) groups excluding carboxylic acids is 3. The van der Waals surface area contributed by atoms with Gasteiger partial charge in [-0.1, -0.05) is 55.4 Å². The van der Waals surface area contributed by atoms with Crippen molar-refractivity contribution in [2.24, 2.45) is 5.92 Å². The van der Waals surface area contributed by atoms with Crippen LogP contribution < -0.4 is 10.6 Å². The number of rotatable bonds is 12. The lowest BCUT2D eigenvalue weighted by molar-refractivity contribution is -0.113. The minimum Gasteiger partial charge on any atom is -0.459 e. The van der Waals surface area contributed by atoms with Gasteiger partial charge in [0.05, 0.1) is 34.0 Å². The third-order valence-electron chi connectivity index (χ3n) is 5.56. The molecule has 0 radical (unpaired) electrons. The maximum Gasteiger partial charge on any atom is 0.338 e. The van der Waals surface area contributed by atoms with E-state index in [1.807, 2.05) is 11.5 Å². The molecule has 3 aromatic rings. The summed E-state index contributed by atoms with van der Waals surface area (Å²) in [5, 5.41) is 15.5. The SMILES string of the molecule is CCn1c(SCC(=O)Nc2cccc(C(=O)OC(C)C)c2)nnc1[C@@H](CC(C)C)NC(=O)c1ccccc1Cl. The minimum absolute atomic E-state index is 0.0830. The van der Waals surface area contributed by atoms with Gasteiger partial charge in [0.25, 0.3) is 5.91 Å². The van der Waals surface area contributed by atoms with E-state index >= 15 is 0 Å². The quantitative estimate of drug-likeness (QED) is 0.209. The normalized spacial score (nSPS) is 11.9. The van der Waals surface area contributed by atoms with Gasteiger partial charge in [0.2, 0.25) is 5.91 Å². The standard InChI is InChI=1S/C28H34ClN5O4S/c1-6-34-25(23(14-17(2)3)31-26(36)21-12-7-8-13-22(21)29)32-33-28(34)39-16-24(35)30-20-11-9-10-19(15-20)27(37)38-18(4)5/h7-13,15,17-18,23H,6,14,16H2,1-5H3,(H,30,35)(H,31,36)/t23-/m1/s1. The van der Waals surface area contributed by atoms with Gasteiger partial charge in [-0.15, -0.1) is 10.2 Å². The van der Waals surface area contributed by atoms with E-state index in [1.165, 1.54) is 11.8 Å². The van der Waals surface area contributed by atoms with Gasteiger partial charge in [0.15, 0.2) is 11.0 Å². The molecule has 0 saturated carbocycles. The van der Waals surface area contributed by atoms with E-state index in [2.05, 4.69) is 34.7 Å². The Morgan fingerprint density at radius 1 is 1.05 bits per heavy atom. The fraction of sp³-hybridized carbons (Fsp3) is 0.393. The highest BCUT2D eigenvalue weighted by Crippen LogP contribution is 2.26. The molecule has 2 amide bonds. The molecule has 9 nitrogen and oxygen atoms in total. The molecule has 39 heavy (non-hydrogen) atoms. The third kappa shape index (κ3) is 8.56. The van der Waals surface area contributed by atoms with E-state index in [0.29, 0.717) is 45.8 Å². The number of amides is 2. The van der Waals surface area contributed by atoms with E-state index in [-0.39, 0.29) is 29.6 Å². The number of aromatic nitrogens is 3. The van der Waals surface area contributed by atoms with Crippen molar-refractivity contribution < 1.29 is 19.1 Å². The topological polar surface area (TPSA) is 115 Å². The molecule has 11 heteroatoms. The lowest BCUT2D eigenvalue weighted by Crippen LogP contribution is -2.31. The van der Waals surface area contributed by atoms with Crippen LogP contribution in [0.1, 0.15) is 73.6 Å². The van der Waals surface area contributed by atoms with Crippen molar-refractivity contribution in [1.82, 2.24) is 20.1 Å². The largest absolute Gasteiger partial charge is 0.459 e. The van der Waals surface area contributed by atoms with Gasteiger partial charge in [0.1, 0.15) is 0 Å². The first-order valence-electron chi connectivity index (χ1n) is 12.8. The Morgan fingerprint density at radius 3 is 2.46 bits per heavy atom. The highest BCUT2D eigenvalue weighted by molar-refractivity contribution is 7.99. The molecule has 1 atom stereocenters. The number of hydrogen-bond acceptors (Lipinski definition) is 7. The van der Waals surface area contributed by atoms with Gasteiger partial charge in [-0.2, -0.15) is 0 Å². The number of benzene rings is 2. The van der Waals surface area contributed by atoms with E-state index in [4.69, 9.17) is 16.3 Å². The zero-order valence-corrected chi connectivity index (χ0v) is 24.3. The van der Waals surface area contributed by atoms with Crippen molar-refractivity contribution in [2.75, 3.05) is 11.1 Å². The van der Waals surface area contributed by atoms with Crippen molar-refractivity contribution >= 4 is 46.8 Å². The van der Waals surface area contributed by atoms with Crippen LogP contribution in [0.4, 0.5) is 5.69 Å². The molecule has 0 saturated heterocycles. The van der Waals surface area contributed by atoms with Gasteiger partial charge in [-0.25, -0.2) is 4.79 Å². The second kappa shape index (κ2) is 14.1. The van der Waals surface area contributed by atoms with E-state index in [9.17, 15) is 14.4 Å². The number of anilines is 1. The number of esters is 1. The highest BCUT2D eigenvalue weighted by atomic mass is 35.5. The number of halogens is 1. The van der Waals surface area contributed by atoms with Crippen LogP contribution in [0, 0.1) is 5.92 Å². The van der Waals surface area contributed by atoms with E-state index in [1.54, 1.807) is 62.4 Å². The molecule has 0 fully saturated rings. The fourth-order valence-electron chi connectivity index (χ4n) is 3.88. The summed E-state index contributed by atoms with van der Waals surface area (Å²) >= 11 is 7.48. The summed E-state index contributed by atoms with van der Waals surface area (Å²) in [6.07, 6.45) is 0.410. The molecule has 2 N–H and O–H groups in total. The van der Waals surface area contributed by atoms with Gasteiger partial charge in [-0.3, -0.25) is 9.59 Å². The smallest absolute Gasteiger partial charge is 0.338 e. The number of ether oxygens (including phenoxy) is 1. The summed E-state index contributed by atoms with van der Waals surface area (Å²) in [6, 6.07) is 13.1. The van der Waals surface area contributed by atoms with Crippen molar-refractivity contribution in [3.8, 4) is 0 Å². The molecule has 1 heterocycles. The fourth-order valence-corrected chi connectivity index (χ4v) is 4.91. The molecular weight excluding hydrogens is 538 g/mol. The zero-order valence-electron chi connectivity index (χ0n) is 22.7. The van der Waals surface area contributed by atoms with Crippen LogP contribution in [-0.4, -0.2) is 44.4 Å². The molecule has 0 aliphatic carbocycles. The zero-order chi connectivity index (χ0) is 28.5. The summed E-state index contributed by atoms with van der Waals surface area (Å²) in [5.41, 5.74) is 1.25. The van der Waals surface area contributed by atoms with Gasteiger partial charge in [0, 0.05) is 12.2 Å². The Morgan fingerprint density at radius 2 is 1.79 bits per heavy atom. The summed E-state index contributed by atoms with van der Waals surface area (Å²) < 4.78 is 7.12. The summed E-state index contributed by atoms with van der Waals surface area (Å²) in [6.45, 7) is 10.2. The lowest BCUT2D eigenvalue weighted by atomic mass is 10.0. The molecule has 0 bridgehead atoms. The molecule has 0 aliphatic heterocycles. The Balaban J connectivity index is 1.70. The van der Waals surface area contributed by atoms with Crippen molar-refractivity contribution in [3.63, 3.8) is 0 Å². The number of nitrogens with zero attached hydrogens (tertiary/aromatic N) is 3. The monoisotopic (exact) mass is 571 g/mol. The van der Waals surface area contributed by atoms with E-state index in [0.717, 1.165) is 0 Å². The number of hydrogen-bond donors (Lipinski definition) is 2. The van der Waals surface area contributed by atoms with Crippen LogP contribution in [0.25, 0.3) is 0 Å². The minimum atomic E-state index is -0.448. The first-order chi connectivity index (χ1) is 18.6. The molecular formula is C28H34ClN5O4S. The predicted molar refractivity (Wildman–Crippen MR) is 153 cm³/mol. The molecule has 0 aliphatic rings. The average Bonchev–Trinajstić information content (AvgIpc) is 3.29.